The fourth-order valence-corrected chi connectivity index (χ4v) is 1.17. The van der Waals surface area contributed by atoms with Gasteiger partial charge in [-0.1, -0.05) is 6.07 Å². The SMILES string of the molecule is Cc1cc(C(=O)O)ccc1C=NNC(N)=S. The maximum absolute atomic E-state index is 10.7. The Balaban J connectivity index is 2.87. The van der Waals surface area contributed by atoms with Crippen LogP contribution in [-0.4, -0.2) is 22.4 Å². The molecule has 0 unspecified atom stereocenters. The molecule has 16 heavy (non-hydrogen) atoms. The van der Waals surface area contributed by atoms with Gasteiger partial charge in [-0.25, -0.2) is 4.79 Å². The molecule has 0 fully saturated rings. The first kappa shape index (κ1) is 12.1. The minimum absolute atomic E-state index is 0.0797. The second kappa shape index (κ2) is 5.22. The van der Waals surface area contributed by atoms with E-state index in [9.17, 15) is 4.79 Å². The molecule has 1 aromatic carbocycles. The van der Waals surface area contributed by atoms with Crippen molar-refractivity contribution in [2.75, 3.05) is 0 Å². The zero-order chi connectivity index (χ0) is 12.1. The lowest BCUT2D eigenvalue weighted by Gasteiger charge is -2.01. The van der Waals surface area contributed by atoms with E-state index < -0.39 is 5.97 Å². The monoisotopic (exact) mass is 237 g/mol. The summed E-state index contributed by atoms with van der Waals surface area (Å²) in [6.07, 6.45) is 1.53. The van der Waals surface area contributed by atoms with Crippen molar-refractivity contribution in [3.63, 3.8) is 0 Å². The summed E-state index contributed by atoms with van der Waals surface area (Å²) in [6, 6.07) is 4.76. The number of aryl methyl sites for hydroxylation is 1. The molecule has 1 aromatic rings. The van der Waals surface area contributed by atoms with Gasteiger partial charge in [-0.05, 0) is 42.4 Å². The molecule has 0 aliphatic heterocycles. The average Bonchev–Trinajstić information content (AvgIpc) is 2.19. The van der Waals surface area contributed by atoms with Gasteiger partial charge in [0, 0.05) is 0 Å². The number of aromatic carboxylic acids is 1. The molecule has 0 bridgehead atoms. The molecule has 0 heterocycles. The average molecular weight is 237 g/mol. The van der Waals surface area contributed by atoms with Gasteiger partial charge in [0.15, 0.2) is 5.11 Å². The molecule has 0 saturated carbocycles. The van der Waals surface area contributed by atoms with Gasteiger partial charge < -0.3 is 10.8 Å². The van der Waals surface area contributed by atoms with Crippen molar-refractivity contribution in [1.82, 2.24) is 5.43 Å². The Kier molecular flexibility index (Phi) is 3.96. The maximum Gasteiger partial charge on any atom is 0.335 e. The largest absolute Gasteiger partial charge is 0.478 e. The lowest BCUT2D eigenvalue weighted by molar-refractivity contribution is 0.0697. The van der Waals surface area contributed by atoms with Crippen molar-refractivity contribution in [1.29, 1.82) is 0 Å². The molecule has 1 rings (SSSR count). The topological polar surface area (TPSA) is 87.7 Å². The van der Waals surface area contributed by atoms with Crippen LogP contribution in [0.4, 0.5) is 0 Å². The number of nitrogens with zero attached hydrogens (tertiary/aromatic N) is 1. The Morgan fingerprint density at radius 3 is 2.81 bits per heavy atom. The Hall–Kier alpha value is -1.95. The van der Waals surface area contributed by atoms with Crippen LogP contribution < -0.4 is 11.2 Å². The predicted molar refractivity (Wildman–Crippen MR) is 65.7 cm³/mol. The number of hydrogen-bond donors (Lipinski definition) is 3. The molecule has 0 radical (unpaired) electrons. The number of rotatable bonds is 3. The van der Waals surface area contributed by atoms with Gasteiger partial charge >= 0.3 is 5.97 Å². The van der Waals surface area contributed by atoms with E-state index >= 15 is 0 Å². The van der Waals surface area contributed by atoms with Crippen molar-refractivity contribution in [3.8, 4) is 0 Å². The molecule has 0 atom stereocenters. The molecule has 0 saturated heterocycles. The minimum Gasteiger partial charge on any atom is -0.478 e. The summed E-state index contributed by atoms with van der Waals surface area (Å²) in [7, 11) is 0. The van der Waals surface area contributed by atoms with E-state index in [2.05, 4.69) is 22.7 Å². The molecular formula is C10H11N3O2S. The van der Waals surface area contributed by atoms with Crippen LogP contribution in [0.1, 0.15) is 21.5 Å². The predicted octanol–water partition coefficient (Wildman–Crippen LogP) is 0.860. The summed E-state index contributed by atoms with van der Waals surface area (Å²) in [5.74, 6) is -0.951. The molecule has 84 valence electrons. The lowest BCUT2D eigenvalue weighted by atomic mass is 10.1. The smallest absolute Gasteiger partial charge is 0.335 e. The number of hydrogen-bond acceptors (Lipinski definition) is 3. The van der Waals surface area contributed by atoms with Crippen LogP contribution in [0.15, 0.2) is 23.3 Å². The maximum atomic E-state index is 10.7. The third-order valence-corrected chi connectivity index (χ3v) is 1.99. The summed E-state index contributed by atoms with van der Waals surface area (Å²) in [6.45, 7) is 1.80. The van der Waals surface area contributed by atoms with Gasteiger partial charge in [0.05, 0.1) is 11.8 Å². The highest BCUT2D eigenvalue weighted by Gasteiger charge is 2.03. The van der Waals surface area contributed by atoms with Gasteiger partial charge in [-0.2, -0.15) is 5.10 Å². The second-order valence-corrected chi connectivity index (χ2v) is 3.55. The molecule has 0 amide bonds. The van der Waals surface area contributed by atoms with Crippen LogP contribution in [0, 0.1) is 6.92 Å². The molecule has 0 spiro atoms. The number of carboxylic acid groups (broad SMARTS) is 1. The first-order chi connectivity index (χ1) is 7.50. The van der Waals surface area contributed by atoms with E-state index in [1.807, 2.05) is 0 Å². The van der Waals surface area contributed by atoms with Crippen LogP contribution in [0.2, 0.25) is 0 Å². The Morgan fingerprint density at radius 1 is 1.62 bits per heavy atom. The Bertz CT molecular complexity index is 457. The molecule has 0 aliphatic carbocycles. The summed E-state index contributed by atoms with van der Waals surface area (Å²) < 4.78 is 0. The van der Waals surface area contributed by atoms with Crippen LogP contribution >= 0.6 is 12.2 Å². The molecule has 0 aliphatic rings. The highest BCUT2D eigenvalue weighted by atomic mass is 32.1. The fraction of sp³-hybridized carbons (Fsp3) is 0.100. The highest BCUT2D eigenvalue weighted by Crippen LogP contribution is 2.09. The summed E-state index contributed by atoms with van der Waals surface area (Å²) in [5, 5.41) is 12.6. The number of carboxylic acids is 1. The van der Waals surface area contributed by atoms with E-state index in [-0.39, 0.29) is 10.7 Å². The second-order valence-electron chi connectivity index (χ2n) is 3.11. The van der Waals surface area contributed by atoms with E-state index in [4.69, 9.17) is 10.8 Å². The van der Waals surface area contributed by atoms with Crippen LogP contribution in [0.5, 0.6) is 0 Å². The van der Waals surface area contributed by atoms with Crippen molar-refractivity contribution in [2.45, 2.75) is 6.92 Å². The normalized spacial score (nSPS) is 10.3. The number of nitrogens with two attached hydrogens (primary N) is 1. The lowest BCUT2D eigenvalue weighted by Crippen LogP contribution is -2.24. The highest BCUT2D eigenvalue weighted by molar-refractivity contribution is 7.80. The number of benzene rings is 1. The van der Waals surface area contributed by atoms with Crippen molar-refractivity contribution in [3.05, 3.63) is 34.9 Å². The molecule has 0 aromatic heterocycles. The van der Waals surface area contributed by atoms with E-state index in [0.29, 0.717) is 0 Å². The van der Waals surface area contributed by atoms with Crippen LogP contribution in [-0.2, 0) is 0 Å². The standard InChI is InChI=1S/C10H11N3O2S/c1-6-4-7(9(14)15)2-3-8(6)5-12-13-10(11)16/h2-5H,1H3,(H,14,15)(H3,11,13,16). The molecule has 4 N–H and O–H groups in total. The van der Waals surface area contributed by atoms with Gasteiger partial charge in [0.1, 0.15) is 0 Å². The van der Waals surface area contributed by atoms with E-state index in [1.54, 1.807) is 19.1 Å². The Labute approximate surface area is 98.0 Å². The molecular weight excluding hydrogens is 226 g/mol. The summed E-state index contributed by atoms with van der Waals surface area (Å²) >= 11 is 4.57. The van der Waals surface area contributed by atoms with Crippen LogP contribution in [0.3, 0.4) is 0 Å². The first-order valence-corrected chi connectivity index (χ1v) is 4.84. The quantitative estimate of drug-likeness (QED) is 0.412. The summed E-state index contributed by atoms with van der Waals surface area (Å²) in [4.78, 5) is 10.7. The van der Waals surface area contributed by atoms with Crippen molar-refractivity contribution < 1.29 is 9.90 Å². The van der Waals surface area contributed by atoms with E-state index in [1.165, 1.54) is 12.3 Å². The third-order valence-electron chi connectivity index (χ3n) is 1.90. The zero-order valence-electron chi connectivity index (χ0n) is 8.60. The third kappa shape index (κ3) is 3.32. The fourth-order valence-electron chi connectivity index (χ4n) is 1.12. The van der Waals surface area contributed by atoms with Gasteiger partial charge in [0.2, 0.25) is 0 Å². The van der Waals surface area contributed by atoms with Gasteiger partial charge in [-0.3, -0.25) is 5.43 Å². The van der Waals surface area contributed by atoms with Crippen molar-refractivity contribution in [2.24, 2.45) is 10.8 Å². The molecule has 5 nitrogen and oxygen atoms in total. The van der Waals surface area contributed by atoms with E-state index in [0.717, 1.165) is 11.1 Å². The van der Waals surface area contributed by atoms with Gasteiger partial charge in [0.25, 0.3) is 0 Å². The Morgan fingerprint density at radius 2 is 2.31 bits per heavy atom. The summed E-state index contributed by atoms with van der Waals surface area (Å²) in [5.41, 5.74) is 9.47. The first-order valence-electron chi connectivity index (χ1n) is 4.43. The number of carbonyl (C=O) groups is 1. The minimum atomic E-state index is -0.951. The van der Waals surface area contributed by atoms with Crippen LogP contribution in [0.25, 0.3) is 0 Å². The zero-order valence-corrected chi connectivity index (χ0v) is 9.41. The van der Waals surface area contributed by atoms with Gasteiger partial charge in [-0.15, -0.1) is 0 Å². The molecule has 6 heteroatoms. The number of thiocarbonyl (C=S) groups is 1. The number of nitrogens with one attached hydrogen (secondary N) is 1. The van der Waals surface area contributed by atoms with Crippen molar-refractivity contribution >= 4 is 29.5 Å². The number of hydrazone groups is 1.